The van der Waals surface area contributed by atoms with Crippen LogP contribution in [0.15, 0.2) is 0 Å². The first-order valence-corrected chi connectivity index (χ1v) is 7.40. The second-order valence-corrected chi connectivity index (χ2v) is 5.44. The molecule has 0 aliphatic carbocycles. The summed E-state index contributed by atoms with van der Waals surface area (Å²) in [6.45, 7) is -2.12. The average molecular weight is 469 g/mol. The zero-order valence-electron chi connectivity index (χ0n) is 13.9. The zero-order valence-corrected chi connectivity index (χ0v) is 13.9. The SMILES string of the molecule is FC(F)(F)C(F)(OCCCCCCNOC(F)(C(F)(F)F)C(F)(F)F)C(F)(F)F. The van der Waals surface area contributed by atoms with Gasteiger partial charge in [-0.2, -0.15) is 66.9 Å². The lowest BCUT2D eigenvalue weighted by atomic mass is 10.2. The van der Waals surface area contributed by atoms with Gasteiger partial charge in [-0.3, -0.25) is 0 Å². The summed E-state index contributed by atoms with van der Waals surface area (Å²) in [5, 5.41) is 0. The van der Waals surface area contributed by atoms with E-state index in [0.29, 0.717) is 0 Å². The van der Waals surface area contributed by atoms with Gasteiger partial charge in [0.15, 0.2) is 0 Å². The molecule has 0 bridgehead atoms. The molecule has 3 nitrogen and oxygen atoms in total. The molecule has 0 aliphatic heterocycles. The van der Waals surface area contributed by atoms with Gasteiger partial charge in [0.2, 0.25) is 0 Å². The number of halogens is 14. The number of nitrogens with one attached hydrogen (secondary N) is 1. The fraction of sp³-hybridized carbons (Fsp3) is 1.00. The van der Waals surface area contributed by atoms with Crippen LogP contribution >= 0.6 is 0 Å². The van der Waals surface area contributed by atoms with Gasteiger partial charge in [0.25, 0.3) is 0 Å². The highest BCUT2D eigenvalue weighted by Gasteiger charge is 2.75. The number of rotatable bonds is 10. The standard InChI is InChI=1S/C12H13F14NO2/c13-7(9(15,16)17,10(18,19)20)28-6-4-2-1-3-5-27-29-8(14,11(21,22)23)12(24,25)26/h27H,1-6H2. The fourth-order valence-electron chi connectivity index (χ4n) is 1.62. The van der Waals surface area contributed by atoms with Crippen LogP contribution in [0.1, 0.15) is 25.7 Å². The summed E-state index contributed by atoms with van der Waals surface area (Å²) < 4.78 is 175. The van der Waals surface area contributed by atoms with Crippen LogP contribution in [-0.2, 0) is 9.57 Å². The predicted octanol–water partition coefficient (Wildman–Crippen LogP) is 5.67. The first-order valence-electron chi connectivity index (χ1n) is 7.40. The third kappa shape index (κ3) is 6.97. The van der Waals surface area contributed by atoms with Gasteiger partial charge < -0.3 is 4.74 Å². The van der Waals surface area contributed by atoms with E-state index in [4.69, 9.17) is 0 Å². The molecule has 0 aromatic rings. The molecule has 0 radical (unpaired) electrons. The molecule has 0 saturated heterocycles. The molecule has 17 heteroatoms. The highest BCUT2D eigenvalue weighted by molar-refractivity contribution is 4.86. The van der Waals surface area contributed by atoms with Gasteiger partial charge in [0, 0.05) is 6.54 Å². The van der Waals surface area contributed by atoms with Crippen molar-refractivity contribution in [2.45, 2.75) is 62.1 Å². The summed E-state index contributed by atoms with van der Waals surface area (Å²) in [6.07, 6.45) is -27.0. The van der Waals surface area contributed by atoms with Crippen LogP contribution in [0.2, 0.25) is 0 Å². The first kappa shape index (κ1) is 27.9. The monoisotopic (exact) mass is 469 g/mol. The molecule has 0 amide bonds. The minimum absolute atomic E-state index is 0.172. The highest BCUT2D eigenvalue weighted by atomic mass is 19.4. The molecule has 0 atom stereocenters. The van der Waals surface area contributed by atoms with Crippen molar-refractivity contribution in [1.82, 2.24) is 5.48 Å². The van der Waals surface area contributed by atoms with E-state index in [9.17, 15) is 61.5 Å². The quantitative estimate of drug-likeness (QED) is 0.254. The molecule has 0 rings (SSSR count). The topological polar surface area (TPSA) is 30.5 Å². The summed E-state index contributed by atoms with van der Waals surface area (Å²) in [6, 6.07) is 0. The van der Waals surface area contributed by atoms with Crippen molar-refractivity contribution >= 4 is 0 Å². The summed E-state index contributed by atoms with van der Waals surface area (Å²) in [5.41, 5.74) is 1.09. The Labute approximate surface area is 153 Å². The number of ether oxygens (including phenoxy) is 1. The first-order chi connectivity index (χ1) is 12.7. The zero-order chi connectivity index (χ0) is 23.4. The number of unbranched alkanes of at least 4 members (excludes halogenated alkanes) is 3. The van der Waals surface area contributed by atoms with E-state index < -0.39 is 56.0 Å². The van der Waals surface area contributed by atoms with Gasteiger partial charge in [-0.05, 0) is 12.8 Å². The molecular weight excluding hydrogens is 456 g/mol. The minimum Gasteiger partial charge on any atom is -0.332 e. The second-order valence-electron chi connectivity index (χ2n) is 5.44. The maximum absolute atomic E-state index is 13.1. The van der Waals surface area contributed by atoms with E-state index in [-0.39, 0.29) is 19.3 Å². The molecule has 0 aliphatic rings. The minimum atomic E-state index is -6.45. The van der Waals surface area contributed by atoms with Crippen molar-refractivity contribution in [2.75, 3.05) is 13.2 Å². The number of hydroxylamine groups is 1. The van der Waals surface area contributed by atoms with E-state index in [1.165, 1.54) is 0 Å². The van der Waals surface area contributed by atoms with Crippen LogP contribution in [0, 0.1) is 0 Å². The Kier molecular flexibility index (Phi) is 9.01. The second kappa shape index (κ2) is 9.36. The third-order valence-electron chi connectivity index (χ3n) is 3.15. The Morgan fingerprint density at radius 2 is 0.862 bits per heavy atom. The summed E-state index contributed by atoms with van der Waals surface area (Å²) in [7, 11) is 0. The van der Waals surface area contributed by atoms with Crippen LogP contribution in [0.4, 0.5) is 61.5 Å². The number of hydrogen-bond acceptors (Lipinski definition) is 3. The van der Waals surface area contributed by atoms with Gasteiger partial charge in [0.1, 0.15) is 0 Å². The van der Waals surface area contributed by atoms with Gasteiger partial charge in [-0.15, -0.1) is 0 Å². The molecule has 0 fully saturated rings. The molecule has 0 aromatic carbocycles. The van der Waals surface area contributed by atoms with Crippen LogP contribution in [0.3, 0.4) is 0 Å². The van der Waals surface area contributed by atoms with E-state index in [1.54, 1.807) is 0 Å². The molecule has 0 aromatic heterocycles. The van der Waals surface area contributed by atoms with Gasteiger partial charge in [0.05, 0.1) is 6.61 Å². The molecule has 176 valence electrons. The van der Waals surface area contributed by atoms with Crippen molar-refractivity contribution in [2.24, 2.45) is 0 Å². The Bertz CT molecular complexity index is 423. The molecule has 0 saturated carbocycles. The molecule has 29 heavy (non-hydrogen) atoms. The Morgan fingerprint density at radius 3 is 1.24 bits per heavy atom. The van der Waals surface area contributed by atoms with Crippen LogP contribution < -0.4 is 5.48 Å². The average Bonchev–Trinajstić information content (AvgIpc) is 2.48. The Hall–Kier alpha value is -1.10. The van der Waals surface area contributed by atoms with Gasteiger partial charge >= 0.3 is 36.4 Å². The molecule has 0 heterocycles. The fourth-order valence-corrected chi connectivity index (χ4v) is 1.62. The summed E-state index contributed by atoms with van der Waals surface area (Å²) in [4.78, 5) is 3.01. The maximum atomic E-state index is 13.1. The van der Waals surface area contributed by atoms with Crippen molar-refractivity contribution in [1.29, 1.82) is 0 Å². The van der Waals surface area contributed by atoms with Gasteiger partial charge in [-0.1, -0.05) is 12.8 Å². The maximum Gasteiger partial charge on any atom is 0.459 e. The predicted molar refractivity (Wildman–Crippen MR) is 65.4 cm³/mol. The lowest BCUT2D eigenvalue weighted by Gasteiger charge is -2.29. The van der Waals surface area contributed by atoms with E-state index in [1.807, 2.05) is 0 Å². The summed E-state index contributed by atoms with van der Waals surface area (Å²) in [5.74, 6) is -11.9. The lowest BCUT2D eigenvalue weighted by molar-refractivity contribution is -0.442. The largest absolute Gasteiger partial charge is 0.459 e. The molecular formula is C12H13F14NO2. The Balaban J connectivity index is 4.28. The van der Waals surface area contributed by atoms with Crippen molar-refractivity contribution in [3.63, 3.8) is 0 Å². The van der Waals surface area contributed by atoms with Crippen LogP contribution in [0.25, 0.3) is 0 Å². The lowest BCUT2D eigenvalue weighted by Crippen LogP contribution is -2.57. The highest BCUT2D eigenvalue weighted by Crippen LogP contribution is 2.47. The van der Waals surface area contributed by atoms with E-state index in [0.717, 1.165) is 5.48 Å². The normalized spacial score (nSPS) is 15.1. The Morgan fingerprint density at radius 1 is 0.483 bits per heavy atom. The van der Waals surface area contributed by atoms with Crippen molar-refractivity contribution in [3.8, 4) is 0 Å². The van der Waals surface area contributed by atoms with Crippen molar-refractivity contribution < 1.29 is 71.0 Å². The third-order valence-corrected chi connectivity index (χ3v) is 3.15. The number of hydrogen-bond donors (Lipinski definition) is 1. The molecule has 0 unspecified atom stereocenters. The molecule has 1 N–H and O–H groups in total. The smallest absolute Gasteiger partial charge is 0.332 e. The van der Waals surface area contributed by atoms with Crippen LogP contribution in [-0.4, -0.2) is 49.6 Å². The molecule has 0 spiro atoms. The number of alkyl halides is 14. The van der Waals surface area contributed by atoms with E-state index >= 15 is 0 Å². The van der Waals surface area contributed by atoms with Gasteiger partial charge in [-0.25, -0.2) is 4.84 Å². The summed E-state index contributed by atoms with van der Waals surface area (Å²) >= 11 is 0. The van der Waals surface area contributed by atoms with E-state index in [2.05, 4.69) is 9.57 Å². The van der Waals surface area contributed by atoms with Crippen LogP contribution in [0.5, 0.6) is 0 Å². The van der Waals surface area contributed by atoms with Crippen molar-refractivity contribution in [3.05, 3.63) is 0 Å².